The van der Waals surface area contributed by atoms with E-state index in [0.717, 1.165) is 11.1 Å². The van der Waals surface area contributed by atoms with E-state index in [4.69, 9.17) is 4.74 Å². The fourth-order valence-electron chi connectivity index (χ4n) is 5.06. The average Bonchev–Trinajstić information content (AvgIpc) is 3.34. The monoisotopic (exact) mass is 374 g/mol. The molecule has 0 unspecified atom stereocenters. The molecule has 5 nitrogen and oxygen atoms in total. The van der Waals surface area contributed by atoms with E-state index in [2.05, 4.69) is 0 Å². The number of likely N-dealkylation sites (tertiary alicyclic amines) is 1. The molecule has 5 heteroatoms. The molecule has 3 aliphatic heterocycles. The van der Waals surface area contributed by atoms with E-state index in [9.17, 15) is 14.7 Å². The summed E-state index contributed by atoms with van der Waals surface area (Å²) < 4.78 is 6.19. The molecule has 2 fully saturated rings. The molecule has 0 aliphatic carbocycles. The van der Waals surface area contributed by atoms with Gasteiger partial charge >= 0.3 is 0 Å². The highest BCUT2D eigenvalue weighted by atomic mass is 16.5. The van der Waals surface area contributed by atoms with Crippen LogP contribution in [-0.4, -0.2) is 34.5 Å². The highest BCUT2D eigenvalue weighted by Crippen LogP contribution is 2.55. The number of amides is 1. The van der Waals surface area contributed by atoms with E-state index in [0.29, 0.717) is 13.0 Å². The number of ether oxygens (including phenoxy) is 1. The Morgan fingerprint density at radius 2 is 1.68 bits per heavy atom. The van der Waals surface area contributed by atoms with E-state index >= 15 is 0 Å². The zero-order valence-corrected chi connectivity index (χ0v) is 15.2. The first-order valence-corrected chi connectivity index (χ1v) is 9.56. The van der Waals surface area contributed by atoms with Gasteiger partial charge in [0.2, 0.25) is 5.91 Å². The van der Waals surface area contributed by atoms with Crippen LogP contribution >= 0.6 is 0 Å². The van der Waals surface area contributed by atoms with Gasteiger partial charge in [-0.1, -0.05) is 72.8 Å². The summed E-state index contributed by atoms with van der Waals surface area (Å²) in [5, 5.41) is 11.8. The zero-order chi connectivity index (χ0) is 19.3. The highest BCUT2D eigenvalue weighted by molar-refractivity contribution is 5.91. The second-order valence-corrected chi connectivity index (χ2v) is 7.77. The molecule has 2 bridgehead atoms. The number of rotatable bonds is 5. The molecule has 0 radical (unpaired) electrons. The maximum absolute atomic E-state index is 13.4. The third kappa shape index (κ3) is 2.43. The third-order valence-electron chi connectivity index (χ3n) is 6.27. The van der Waals surface area contributed by atoms with Crippen LogP contribution in [0.15, 0.2) is 72.8 Å². The molecule has 0 N–H and O–H groups in total. The first kappa shape index (κ1) is 17.2. The van der Waals surface area contributed by atoms with Gasteiger partial charge in [0.15, 0.2) is 0 Å². The number of carbonyl (C=O) groups excluding carboxylic acids is 2. The van der Waals surface area contributed by atoms with Gasteiger partial charge in [0.25, 0.3) is 0 Å². The summed E-state index contributed by atoms with van der Waals surface area (Å²) in [6.45, 7) is 0.428. The lowest BCUT2D eigenvalue weighted by Gasteiger charge is -2.33. The molecule has 3 heterocycles. The van der Waals surface area contributed by atoms with Gasteiger partial charge in [0, 0.05) is 18.4 Å². The van der Waals surface area contributed by atoms with Crippen molar-refractivity contribution in [2.45, 2.75) is 30.7 Å². The topological polar surface area (TPSA) is 69.7 Å². The lowest BCUT2D eigenvalue weighted by Crippen LogP contribution is -2.47. The summed E-state index contributed by atoms with van der Waals surface area (Å²) in [4.78, 5) is 27.0. The molecule has 1 spiro atoms. The summed E-state index contributed by atoms with van der Waals surface area (Å²) in [6.07, 6.45) is 3.72. The Hall–Kier alpha value is -2.92. The Labute approximate surface area is 163 Å². The lowest BCUT2D eigenvalue weighted by molar-refractivity contribution is -0.313. The number of benzene rings is 2. The second-order valence-electron chi connectivity index (χ2n) is 7.77. The van der Waals surface area contributed by atoms with Gasteiger partial charge in [-0.25, -0.2) is 0 Å². The summed E-state index contributed by atoms with van der Waals surface area (Å²) in [7, 11) is 0. The standard InChI is InChI=1S/C23H21NO4/c25-21-20-19(22(26)27)17-11-12-23(20,28-17)18(13-15-7-3-1-4-8-15)24(21)14-16-9-5-2-6-10-16/h1-12,17-20H,13-14H2,(H,26,27)/p-1/t17-,18+,19-,20-,23+/m0/s1. The van der Waals surface area contributed by atoms with Crippen LogP contribution in [0.3, 0.4) is 0 Å². The minimum atomic E-state index is -1.21. The fraction of sp³-hybridized carbons (Fsp3) is 0.304. The maximum atomic E-state index is 13.4. The van der Waals surface area contributed by atoms with Crippen LogP contribution in [0, 0.1) is 11.8 Å². The molecule has 5 atom stereocenters. The van der Waals surface area contributed by atoms with E-state index < -0.39 is 29.5 Å². The van der Waals surface area contributed by atoms with Crippen LogP contribution in [0.1, 0.15) is 11.1 Å². The van der Waals surface area contributed by atoms with Crippen LogP contribution in [-0.2, 0) is 27.3 Å². The molecule has 0 saturated carbocycles. The minimum absolute atomic E-state index is 0.161. The molecular formula is C23H20NO4-. The number of hydrogen-bond donors (Lipinski definition) is 0. The predicted octanol–water partition coefficient (Wildman–Crippen LogP) is 1.33. The summed E-state index contributed by atoms with van der Waals surface area (Å²) in [5.74, 6) is -3.04. The number of aliphatic carboxylic acids is 1. The normalized spacial score (nSPS) is 32.7. The molecule has 2 aromatic carbocycles. The Morgan fingerprint density at radius 1 is 1.04 bits per heavy atom. The van der Waals surface area contributed by atoms with Crippen LogP contribution in [0.5, 0.6) is 0 Å². The van der Waals surface area contributed by atoms with Crippen molar-refractivity contribution in [1.82, 2.24) is 4.90 Å². The van der Waals surface area contributed by atoms with Crippen molar-refractivity contribution in [2.24, 2.45) is 11.8 Å². The van der Waals surface area contributed by atoms with Crippen molar-refractivity contribution in [1.29, 1.82) is 0 Å². The lowest BCUT2D eigenvalue weighted by atomic mass is 9.74. The van der Waals surface area contributed by atoms with Gasteiger partial charge < -0.3 is 19.5 Å². The van der Waals surface area contributed by atoms with Crippen LogP contribution in [0.4, 0.5) is 0 Å². The van der Waals surface area contributed by atoms with E-state index in [1.807, 2.05) is 66.7 Å². The quantitative estimate of drug-likeness (QED) is 0.741. The van der Waals surface area contributed by atoms with Crippen molar-refractivity contribution in [3.8, 4) is 0 Å². The minimum Gasteiger partial charge on any atom is -0.550 e. The molecule has 1 amide bonds. The van der Waals surface area contributed by atoms with Crippen LogP contribution in [0.25, 0.3) is 0 Å². The predicted molar refractivity (Wildman–Crippen MR) is 99.7 cm³/mol. The SMILES string of the molecule is O=C([O-])[C@H]1[C@@H]2C=C[C@]3(O2)[C@@H]1C(=O)N(Cc1ccccc1)[C@@H]3Cc1ccccc1. The Morgan fingerprint density at radius 3 is 2.32 bits per heavy atom. The number of nitrogens with zero attached hydrogens (tertiary/aromatic N) is 1. The first-order chi connectivity index (χ1) is 13.6. The number of hydrogen-bond acceptors (Lipinski definition) is 4. The molecule has 2 aromatic rings. The van der Waals surface area contributed by atoms with E-state index in [1.165, 1.54) is 0 Å². The maximum Gasteiger partial charge on any atom is 0.230 e. The zero-order valence-electron chi connectivity index (χ0n) is 15.2. The van der Waals surface area contributed by atoms with Crippen molar-refractivity contribution in [2.75, 3.05) is 0 Å². The average molecular weight is 374 g/mol. The molecule has 3 aliphatic rings. The third-order valence-corrected chi connectivity index (χ3v) is 6.27. The number of fused-ring (bicyclic) bond motifs is 1. The number of carboxylic acid groups (broad SMARTS) is 1. The number of carboxylic acids is 1. The summed E-state index contributed by atoms with van der Waals surface area (Å²) >= 11 is 0. The Balaban J connectivity index is 1.56. The van der Waals surface area contributed by atoms with Crippen LogP contribution in [0.2, 0.25) is 0 Å². The van der Waals surface area contributed by atoms with Gasteiger partial charge in [-0.2, -0.15) is 0 Å². The smallest absolute Gasteiger partial charge is 0.230 e. The molecule has 28 heavy (non-hydrogen) atoms. The van der Waals surface area contributed by atoms with Crippen molar-refractivity contribution >= 4 is 11.9 Å². The van der Waals surface area contributed by atoms with Crippen molar-refractivity contribution < 1.29 is 19.4 Å². The first-order valence-electron chi connectivity index (χ1n) is 9.56. The Bertz CT molecular complexity index is 942. The molecule has 5 rings (SSSR count). The van der Waals surface area contributed by atoms with Gasteiger partial charge in [-0.3, -0.25) is 4.79 Å². The van der Waals surface area contributed by atoms with E-state index in [-0.39, 0.29) is 11.9 Å². The van der Waals surface area contributed by atoms with Gasteiger partial charge in [0.05, 0.1) is 18.1 Å². The summed E-state index contributed by atoms with van der Waals surface area (Å²) in [6, 6.07) is 19.4. The van der Waals surface area contributed by atoms with E-state index in [1.54, 1.807) is 11.0 Å². The van der Waals surface area contributed by atoms with Gasteiger partial charge in [0.1, 0.15) is 5.60 Å². The van der Waals surface area contributed by atoms with Crippen molar-refractivity contribution in [3.63, 3.8) is 0 Å². The molecular weight excluding hydrogens is 354 g/mol. The summed E-state index contributed by atoms with van der Waals surface area (Å²) in [5.41, 5.74) is 1.19. The van der Waals surface area contributed by atoms with Crippen LogP contribution < -0.4 is 5.11 Å². The molecule has 2 saturated heterocycles. The second kappa shape index (κ2) is 6.31. The highest BCUT2D eigenvalue weighted by Gasteiger charge is 2.69. The number of carbonyl (C=O) groups is 2. The van der Waals surface area contributed by atoms with Gasteiger partial charge in [-0.05, 0) is 17.5 Å². The molecule has 142 valence electrons. The van der Waals surface area contributed by atoms with Crippen molar-refractivity contribution in [3.05, 3.63) is 83.9 Å². The Kier molecular flexibility index (Phi) is 3.88. The van der Waals surface area contributed by atoms with Gasteiger partial charge in [-0.15, -0.1) is 0 Å². The fourth-order valence-corrected chi connectivity index (χ4v) is 5.06. The largest absolute Gasteiger partial charge is 0.550 e. The molecule has 0 aromatic heterocycles.